The van der Waals surface area contributed by atoms with Gasteiger partial charge in [-0.1, -0.05) is 0 Å². The molecule has 2 heteroatoms. The maximum absolute atomic E-state index is 2.58. The van der Waals surface area contributed by atoms with Crippen LogP contribution in [0.3, 0.4) is 0 Å². The molecule has 0 saturated carbocycles. The van der Waals surface area contributed by atoms with E-state index in [2.05, 4.69) is 71.4 Å². The van der Waals surface area contributed by atoms with Gasteiger partial charge in [0.05, 0.1) is 0 Å². The number of hydrogen-bond donors (Lipinski definition) is 0. The van der Waals surface area contributed by atoms with E-state index in [1.54, 1.807) is 8.70 Å². The van der Waals surface area contributed by atoms with Crippen molar-refractivity contribution in [3.8, 4) is 11.1 Å². The van der Waals surface area contributed by atoms with Crippen molar-refractivity contribution in [1.82, 2.24) is 0 Å². The van der Waals surface area contributed by atoms with Gasteiger partial charge in [-0.05, 0) is 0 Å². The summed E-state index contributed by atoms with van der Waals surface area (Å²) in [4.78, 5) is 0. The summed E-state index contributed by atoms with van der Waals surface area (Å²) in [6.07, 6.45) is 0. The molecule has 3 rings (SSSR count). The van der Waals surface area contributed by atoms with E-state index in [4.69, 9.17) is 0 Å². The van der Waals surface area contributed by atoms with Crippen molar-refractivity contribution in [3.05, 3.63) is 48.5 Å². The molecule has 0 bridgehead atoms. The zero-order valence-corrected chi connectivity index (χ0v) is 16.7. The first kappa shape index (κ1) is 14.5. The van der Waals surface area contributed by atoms with Crippen LogP contribution in [-0.2, 0) is 0 Å². The van der Waals surface area contributed by atoms with E-state index < -0.39 is 27.1 Å². The molecule has 0 nitrogen and oxygen atoms in total. The van der Waals surface area contributed by atoms with Crippen molar-refractivity contribution in [2.75, 3.05) is 0 Å². The van der Waals surface area contributed by atoms with Gasteiger partial charge in [0.2, 0.25) is 0 Å². The fraction of sp³-hybridized carbons (Fsp3) is 0.333. The van der Waals surface area contributed by atoms with Gasteiger partial charge in [-0.3, -0.25) is 0 Å². The SMILES string of the molecule is C[As+]1(C)CC[As+](C)(C)c2ccccc2-c2ccccc21. The minimum absolute atomic E-state index is 1.48. The van der Waals surface area contributed by atoms with Gasteiger partial charge in [-0.25, -0.2) is 0 Å². The zero-order valence-electron chi connectivity index (χ0n) is 12.9. The Hall–Kier alpha value is -0.443. The summed E-state index contributed by atoms with van der Waals surface area (Å²) in [6.45, 7) is 0. The number of benzene rings is 2. The van der Waals surface area contributed by atoms with Gasteiger partial charge >= 0.3 is 129 Å². The van der Waals surface area contributed by atoms with Crippen molar-refractivity contribution in [3.63, 3.8) is 0 Å². The zero-order chi connectivity index (χ0) is 14.4. The Bertz CT molecular complexity index is 584. The van der Waals surface area contributed by atoms with E-state index in [0.29, 0.717) is 0 Å². The molecule has 0 N–H and O–H groups in total. The van der Waals surface area contributed by atoms with Crippen LogP contribution in [0.5, 0.6) is 0 Å². The third-order valence-corrected chi connectivity index (χ3v) is 19.0. The average Bonchev–Trinajstić information content (AvgIpc) is 2.45. The van der Waals surface area contributed by atoms with E-state index in [-0.39, 0.29) is 0 Å². The second-order valence-corrected chi connectivity index (χ2v) is 24.9. The van der Waals surface area contributed by atoms with Crippen LogP contribution >= 0.6 is 0 Å². The molecular formula is C18H24As2+2. The van der Waals surface area contributed by atoms with Gasteiger partial charge in [-0.15, -0.1) is 0 Å². The second kappa shape index (κ2) is 5.08. The van der Waals surface area contributed by atoms with Crippen molar-refractivity contribution < 1.29 is 0 Å². The average molecular weight is 390 g/mol. The first-order valence-corrected chi connectivity index (χ1v) is 19.3. The van der Waals surface area contributed by atoms with Crippen LogP contribution < -0.4 is 8.70 Å². The molecule has 1 aliphatic rings. The molecule has 104 valence electrons. The topological polar surface area (TPSA) is 0 Å². The quantitative estimate of drug-likeness (QED) is 0.592. The van der Waals surface area contributed by atoms with Crippen molar-refractivity contribution in [1.29, 1.82) is 0 Å². The van der Waals surface area contributed by atoms with Gasteiger partial charge in [-0.2, -0.15) is 0 Å². The molecule has 0 aromatic heterocycles. The van der Waals surface area contributed by atoms with Crippen molar-refractivity contribution in [2.45, 2.75) is 33.3 Å². The minimum atomic E-state index is -1.69. The van der Waals surface area contributed by atoms with Gasteiger partial charge in [0.25, 0.3) is 0 Å². The van der Waals surface area contributed by atoms with Crippen LogP contribution in [0.4, 0.5) is 0 Å². The maximum atomic E-state index is 2.58. The molecule has 0 atom stereocenters. The third-order valence-electron chi connectivity index (χ3n) is 4.62. The molecule has 1 aliphatic heterocycles. The van der Waals surface area contributed by atoms with Gasteiger partial charge in [0.15, 0.2) is 0 Å². The van der Waals surface area contributed by atoms with Crippen LogP contribution in [-0.4, -0.2) is 27.1 Å². The molecule has 20 heavy (non-hydrogen) atoms. The normalized spacial score (nSPS) is 19.4. The van der Waals surface area contributed by atoms with Crippen molar-refractivity contribution in [2.24, 2.45) is 0 Å². The molecule has 2 aromatic carbocycles. The summed E-state index contributed by atoms with van der Waals surface area (Å²) < 4.78 is 3.38. The van der Waals surface area contributed by atoms with Crippen molar-refractivity contribution >= 4 is 35.8 Å². The van der Waals surface area contributed by atoms with Crippen LogP contribution in [0, 0.1) is 0 Å². The third kappa shape index (κ3) is 2.42. The molecule has 0 fully saturated rings. The van der Waals surface area contributed by atoms with E-state index in [1.165, 1.54) is 21.5 Å². The molecule has 1 heterocycles. The molecule has 0 radical (unpaired) electrons. The van der Waals surface area contributed by atoms with Crippen LogP contribution in [0.1, 0.15) is 0 Å². The first-order chi connectivity index (χ1) is 9.42. The number of hydrogen-bond acceptors (Lipinski definition) is 0. The fourth-order valence-corrected chi connectivity index (χ4v) is 22.8. The van der Waals surface area contributed by atoms with Crippen LogP contribution in [0.15, 0.2) is 48.5 Å². The summed E-state index contributed by atoms with van der Waals surface area (Å²) in [6, 6.07) is 18.4. The molecular weight excluding hydrogens is 366 g/mol. The monoisotopic (exact) mass is 390 g/mol. The predicted octanol–water partition coefficient (Wildman–Crippen LogP) is 4.20. The van der Waals surface area contributed by atoms with Crippen LogP contribution in [0.2, 0.25) is 33.3 Å². The summed E-state index contributed by atoms with van der Waals surface area (Å²) in [5.41, 5.74) is 13.4. The van der Waals surface area contributed by atoms with Gasteiger partial charge in [0.1, 0.15) is 0 Å². The van der Waals surface area contributed by atoms with E-state index in [0.717, 1.165) is 0 Å². The second-order valence-electron chi connectivity index (χ2n) is 6.85. The Balaban J connectivity index is 2.35. The summed E-state index contributed by atoms with van der Waals surface area (Å²) in [5, 5.41) is 2.95. The summed E-state index contributed by atoms with van der Waals surface area (Å²) in [7, 11) is 0. The van der Waals surface area contributed by atoms with Crippen LogP contribution in [0.25, 0.3) is 11.1 Å². The van der Waals surface area contributed by atoms with Gasteiger partial charge in [0, 0.05) is 0 Å². The fourth-order valence-electron chi connectivity index (χ4n) is 3.20. The van der Waals surface area contributed by atoms with Gasteiger partial charge < -0.3 is 0 Å². The molecule has 0 spiro atoms. The first-order valence-electron chi connectivity index (χ1n) is 7.27. The van der Waals surface area contributed by atoms with E-state index in [9.17, 15) is 0 Å². The summed E-state index contributed by atoms with van der Waals surface area (Å²) in [5.74, 6) is 0. The van der Waals surface area contributed by atoms with E-state index >= 15 is 0 Å². The molecule has 2 aromatic rings. The Morgan fingerprint density at radius 3 is 1.35 bits per heavy atom. The molecule has 0 aliphatic carbocycles. The number of rotatable bonds is 0. The Labute approximate surface area is 128 Å². The predicted molar refractivity (Wildman–Crippen MR) is 95.7 cm³/mol. The molecule has 0 unspecified atom stereocenters. The standard InChI is InChI=1S/C18H24As2/c1-19(2)13-14-20(3,4)18-12-8-6-10-16(18)15-9-5-7-11-17(15)19/h5-12H,13-14H2,1-4H3/q+2. The Morgan fingerprint density at radius 2 is 0.950 bits per heavy atom. The Morgan fingerprint density at radius 1 is 0.600 bits per heavy atom. The number of fused-ring (bicyclic) bond motifs is 3. The Kier molecular flexibility index (Phi) is 3.68. The van der Waals surface area contributed by atoms with E-state index in [1.807, 2.05) is 0 Å². The summed E-state index contributed by atoms with van der Waals surface area (Å²) >= 11 is -3.37. The molecule has 0 amide bonds. The molecule has 0 saturated heterocycles.